The summed E-state index contributed by atoms with van der Waals surface area (Å²) in [5.41, 5.74) is 1.20. The first-order valence-corrected chi connectivity index (χ1v) is 7.88. The molecule has 0 radical (unpaired) electrons. The highest BCUT2D eigenvalue weighted by molar-refractivity contribution is 5.68. The molecular formula is C16H23N5. The summed E-state index contributed by atoms with van der Waals surface area (Å²) in [4.78, 5) is 9.44. The van der Waals surface area contributed by atoms with Crippen molar-refractivity contribution in [1.82, 2.24) is 14.9 Å². The molecule has 112 valence electrons. The molecule has 4 heterocycles. The van der Waals surface area contributed by atoms with Crippen LogP contribution in [-0.2, 0) is 0 Å². The average Bonchev–Trinajstić information content (AvgIpc) is 2.72. The molecule has 1 saturated heterocycles. The zero-order valence-electron chi connectivity index (χ0n) is 12.8. The van der Waals surface area contributed by atoms with Crippen molar-refractivity contribution in [2.24, 2.45) is 0 Å². The van der Waals surface area contributed by atoms with Crippen LogP contribution in [0.1, 0.15) is 19.3 Å². The third kappa shape index (κ3) is 1.99. The molecule has 5 heteroatoms. The number of likely N-dealkylation sites (N-methyl/N-ethyl adjacent to an activating group) is 1. The smallest absolute Gasteiger partial charge is 0.166 e. The Morgan fingerprint density at radius 2 is 2.14 bits per heavy atom. The van der Waals surface area contributed by atoms with E-state index in [4.69, 9.17) is 0 Å². The first kappa shape index (κ1) is 13.0. The lowest BCUT2D eigenvalue weighted by molar-refractivity contribution is 0.133. The summed E-state index contributed by atoms with van der Waals surface area (Å²) in [6.45, 7) is 2.26. The predicted octanol–water partition coefficient (Wildman–Crippen LogP) is 1.89. The van der Waals surface area contributed by atoms with E-state index < -0.39 is 0 Å². The highest BCUT2D eigenvalue weighted by Crippen LogP contribution is 2.36. The Kier molecular flexibility index (Phi) is 3.03. The average molecular weight is 285 g/mol. The molecule has 5 nitrogen and oxygen atoms in total. The summed E-state index contributed by atoms with van der Waals surface area (Å²) in [7, 11) is 4.30. The number of nitrogens with zero attached hydrogens (tertiary/aromatic N) is 5. The van der Waals surface area contributed by atoms with Crippen molar-refractivity contribution in [3.8, 4) is 0 Å². The van der Waals surface area contributed by atoms with E-state index in [1.54, 1.807) is 0 Å². The summed E-state index contributed by atoms with van der Waals surface area (Å²) in [5.74, 6) is 1.05. The van der Waals surface area contributed by atoms with E-state index in [1.807, 2.05) is 12.3 Å². The van der Waals surface area contributed by atoms with Gasteiger partial charge in [0.25, 0.3) is 0 Å². The maximum Gasteiger partial charge on any atom is 0.166 e. The number of aromatic nitrogens is 1. The van der Waals surface area contributed by atoms with Crippen LogP contribution in [0.25, 0.3) is 0 Å². The van der Waals surface area contributed by atoms with Crippen LogP contribution >= 0.6 is 0 Å². The zero-order valence-corrected chi connectivity index (χ0v) is 12.8. The highest BCUT2D eigenvalue weighted by Gasteiger charge is 2.37. The standard InChI is InChI=1S/C16H23N5/c1-18-14-7-5-9-17-16(14)19(2)21-12-13-6-3-4-10-20(13)11-8-15(18)21/h5,7-9,11,13,15H,3-4,6,10,12H2,1-2H3. The maximum atomic E-state index is 4.58. The number of pyridine rings is 1. The summed E-state index contributed by atoms with van der Waals surface area (Å²) < 4.78 is 0. The van der Waals surface area contributed by atoms with E-state index in [-0.39, 0.29) is 6.17 Å². The largest absolute Gasteiger partial charge is 0.373 e. The van der Waals surface area contributed by atoms with Gasteiger partial charge in [0.1, 0.15) is 6.17 Å². The van der Waals surface area contributed by atoms with Crippen molar-refractivity contribution in [2.45, 2.75) is 31.5 Å². The van der Waals surface area contributed by atoms with Gasteiger partial charge in [0.15, 0.2) is 5.82 Å². The van der Waals surface area contributed by atoms with Crippen LogP contribution in [0.4, 0.5) is 11.5 Å². The van der Waals surface area contributed by atoms with Gasteiger partial charge in [-0.1, -0.05) is 0 Å². The normalized spacial score (nSPS) is 28.8. The lowest BCUT2D eigenvalue weighted by Crippen LogP contribution is -2.59. The first-order chi connectivity index (χ1) is 10.3. The number of fused-ring (bicyclic) bond motifs is 3. The minimum Gasteiger partial charge on any atom is -0.373 e. The molecule has 2 unspecified atom stereocenters. The minimum absolute atomic E-state index is 0.275. The van der Waals surface area contributed by atoms with E-state index in [9.17, 15) is 0 Å². The van der Waals surface area contributed by atoms with E-state index in [1.165, 1.54) is 31.5 Å². The number of rotatable bonds is 0. The molecule has 3 aliphatic heterocycles. The van der Waals surface area contributed by atoms with Crippen LogP contribution in [0.3, 0.4) is 0 Å². The van der Waals surface area contributed by atoms with Crippen molar-refractivity contribution in [2.75, 3.05) is 37.1 Å². The van der Waals surface area contributed by atoms with Gasteiger partial charge >= 0.3 is 0 Å². The molecule has 0 amide bonds. The van der Waals surface area contributed by atoms with Crippen LogP contribution in [0.15, 0.2) is 30.6 Å². The Balaban J connectivity index is 1.72. The van der Waals surface area contributed by atoms with E-state index in [0.29, 0.717) is 6.04 Å². The van der Waals surface area contributed by atoms with Gasteiger partial charge in [-0.05, 0) is 43.7 Å². The molecule has 0 bridgehead atoms. The van der Waals surface area contributed by atoms with Gasteiger partial charge in [-0.2, -0.15) is 5.01 Å². The molecule has 0 spiro atoms. The second kappa shape index (κ2) is 4.91. The van der Waals surface area contributed by atoms with Crippen LogP contribution in [0.5, 0.6) is 0 Å². The Labute approximate surface area is 126 Å². The molecule has 1 aromatic rings. The molecule has 2 atom stereocenters. The van der Waals surface area contributed by atoms with Crippen molar-refractivity contribution in [1.29, 1.82) is 0 Å². The maximum absolute atomic E-state index is 4.58. The Morgan fingerprint density at radius 3 is 3.05 bits per heavy atom. The first-order valence-electron chi connectivity index (χ1n) is 7.88. The van der Waals surface area contributed by atoms with E-state index in [2.05, 4.69) is 57.2 Å². The summed E-state index contributed by atoms with van der Waals surface area (Å²) in [6, 6.07) is 4.80. The quantitative estimate of drug-likeness (QED) is 0.725. The number of hydrogen-bond donors (Lipinski definition) is 0. The van der Waals surface area contributed by atoms with E-state index >= 15 is 0 Å². The molecule has 0 saturated carbocycles. The van der Waals surface area contributed by atoms with Crippen molar-refractivity contribution in [3.05, 3.63) is 30.6 Å². The Hall–Kier alpha value is -1.75. The van der Waals surface area contributed by atoms with Crippen LogP contribution in [-0.4, -0.2) is 54.3 Å². The highest BCUT2D eigenvalue weighted by atomic mass is 15.7. The third-order valence-electron chi connectivity index (χ3n) is 5.06. The number of hydrogen-bond acceptors (Lipinski definition) is 5. The zero-order chi connectivity index (χ0) is 14.4. The molecule has 4 rings (SSSR count). The Bertz CT molecular complexity index is 557. The second-order valence-corrected chi connectivity index (χ2v) is 6.25. The van der Waals surface area contributed by atoms with Gasteiger partial charge in [0, 0.05) is 39.4 Å². The summed E-state index contributed by atoms with van der Waals surface area (Å²) >= 11 is 0. The molecule has 0 aromatic carbocycles. The molecule has 0 aliphatic carbocycles. The summed E-state index contributed by atoms with van der Waals surface area (Å²) in [5, 5.41) is 4.68. The van der Waals surface area contributed by atoms with Crippen LogP contribution in [0, 0.1) is 0 Å². The van der Waals surface area contributed by atoms with Gasteiger partial charge < -0.3 is 9.80 Å². The van der Waals surface area contributed by atoms with Crippen LogP contribution < -0.4 is 9.91 Å². The molecule has 21 heavy (non-hydrogen) atoms. The third-order valence-corrected chi connectivity index (χ3v) is 5.06. The molecule has 1 fully saturated rings. The topological polar surface area (TPSA) is 25.9 Å². The summed E-state index contributed by atoms with van der Waals surface area (Å²) in [6.07, 6.45) is 10.8. The minimum atomic E-state index is 0.275. The lowest BCUT2D eigenvalue weighted by atomic mass is 10.0. The lowest BCUT2D eigenvalue weighted by Gasteiger charge is -2.48. The molecule has 0 N–H and O–H groups in total. The molecule has 3 aliphatic rings. The number of piperidine rings is 1. The van der Waals surface area contributed by atoms with Crippen molar-refractivity contribution >= 4 is 11.5 Å². The fraction of sp³-hybridized carbons (Fsp3) is 0.562. The SMILES string of the molecule is CN1c2cccnc2N(C)N2CC3CCCCN3C=CC12. The van der Waals surface area contributed by atoms with Crippen molar-refractivity contribution in [3.63, 3.8) is 0 Å². The van der Waals surface area contributed by atoms with Gasteiger partial charge in [-0.15, -0.1) is 0 Å². The van der Waals surface area contributed by atoms with Gasteiger partial charge in [-0.25, -0.2) is 4.98 Å². The van der Waals surface area contributed by atoms with E-state index in [0.717, 1.165) is 12.4 Å². The fourth-order valence-corrected chi connectivity index (χ4v) is 3.83. The molecular weight excluding hydrogens is 262 g/mol. The second-order valence-electron chi connectivity index (χ2n) is 6.25. The van der Waals surface area contributed by atoms with Crippen molar-refractivity contribution < 1.29 is 0 Å². The monoisotopic (exact) mass is 285 g/mol. The van der Waals surface area contributed by atoms with Gasteiger partial charge in [0.05, 0.1) is 5.69 Å². The van der Waals surface area contributed by atoms with Crippen LogP contribution in [0.2, 0.25) is 0 Å². The van der Waals surface area contributed by atoms with Gasteiger partial charge in [-0.3, -0.25) is 5.01 Å². The number of hydrazine groups is 1. The van der Waals surface area contributed by atoms with Gasteiger partial charge in [0.2, 0.25) is 0 Å². The fourth-order valence-electron chi connectivity index (χ4n) is 3.83. The number of anilines is 2. The predicted molar refractivity (Wildman–Crippen MR) is 85.0 cm³/mol. The molecule has 1 aromatic heterocycles. The Morgan fingerprint density at radius 1 is 1.24 bits per heavy atom.